The van der Waals surface area contributed by atoms with Crippen LogP contribution in [0.25, 0.3) is 0 Å². The predicted octanol–water partition coefficient (Wildman–Crippen LogP) is 2.65. The summed E-state index contributed by atoms with van der Waals surface area (Å²) in [6, 6.07) is 2.17. The van der Waals surface area contributed by atoms with Crippen molar-refractivity contribution in [2.75, 3.05) is 18.6 Å². The minimum Gasteiger partial charge on any atom is -0.357 e. The molecule has 0 radical (unpaired) electrons. The molecule has 0 aliphatic heterocycles. The highest BCUT2D eigenvalue weighted by molar-refractivity contribution is 7.98. The zero-order valence-corrected chi connectivity index (χ0v) is 10.6. The van der Waals surface area contributed by atoms with Gasteiger partial charge in [0.2, 0.25) is 0 Å². The smallest absolute Gasteiger partial charge is 0.0220 e. The fraction of sp³-hybridized carbons (Fsp3) is 0.667. The summed E-state index contributed by atoms with van der Waals surface area (Å²) in [5, 5.41) is 3.47. The van der Waals surface area contributed by atoms with Crippen molar-refractivity contribution >= 4 is 11.8 Å². The Balaban J connectivity index is 1.93. The lowest BCUT2D eigenvalue weighted by Gasteiger charge is -2.02. The third kappa shape index (κ3) is 5.90. The average molecular weight is 226 g/mol. The van der Waals surface area contributed by atoms with Gasteiger partial charge >= 0.3 is 0 Å². The van der Waals surface area contributed by atoms with Crippen LogP contribution in [0.4, 0.5) is 0 Å². The summed E-state index contributed by atoms with van der Waals surface area (Å²) in [7, 11) is 2.06. The Bertz CT molecular complexity index is 258. The number of unbranched alkanes of at least 4 members (excludes halogenated alkanes) is 2. The highest BCUT2D eigenvalue weighted by Crippen LogP contribution is 2.02. The van der Waals surface area contributed by atoms with E-state index in [1.807, 2.05) is 11.8 Å². The summed E-state index contributed by atoms with van der Waals surface area (Å²) in [5.74, 6) is 1.30. The lowest BCUT2D eigenvalue weighted by Crippen LogP contribution is -2.14. The first-order valence-corrected chi connectivity index (χ1v) is 7.03. The van der Waals surface area contributed by atoms with Gasteiger partial charge in [-0.05, 0) is 43.0 Å². The Hall–Kier alpha value is -0.410. The molecule has 1 rings (SSSR count). The van der Waals surface area contributed by atoms with E-state index in [4.69, 9.17) is 0 Å². The van der Waals surface area contributed by atoms with E-state index >= 15 is 0 Å². The molecule has 3 heteroatoms. The van der Waals surface area contributed by atoms with Crippen LogP contribution < -0.4 is 5.32 Å². The van der Waals surface area contributed by atoms with Crippen LogP contribution in [-0.4, -0.2) is 23.1 Å². The second kappa shape index (κ2) is 7.83. The lowest BCUT2D eigenvalue weighted by molar-refractivity contribution is 0.618. The molecule has 2 nitrogen and oxygen atoms in total. The molecular formula is C12H22N2S. The number of nitrogens with one attached hydrogen (secondary N) is 1. The normalized spacial score (nSPS) is 10.8. The van der Waals surface area contributed by atoms with Crippen LogP contribution >= 0.6 is 11.8 Å². The molecule has 86 valence electrons. The third-order valence-electron chi connectivity index (χ3n) is 2.42. The Morgan fingerprint density at radius 1 is 1.33 bits per heavy atom. The Labute approximate surface area is 97.4 Å². The molecule has 0 aliphatic rings. The van der Waals surface area contributed by atoms with Gasteiger partial charge in [-0.25, -0.2) is 0 Å². The zero-order chi connectivity index (χ0) is 10.9. The van der Waals surface area contributed by atoms with Gasteiger partial charge < -0.3 is 9.88 Å². The number of thioether (sulfide) groups is 1. The van der Waals surface area contributed by atoms with Crippen LogP contribution in [0.1, 0.15) is 24.8 Å². The second-order valence-corrected chi connectivity index (χ2v) is 4.90. The molecule has 1 N–H and O–H groups in total. The Morgan fingerprint density at radius 2 is 2.20 bits per heavy atom. The first kappa shape index (κ1) is 12.7. The maximum Gasteiger partial charge on any atom is 0.0220 e. The summed E-state index contributed by atoms with van der Waals surface area (Å²) in [6.45, 7) is 2.15. The SMILES string of the molecule is CSCCCCCNCc1ccn(C)c1. The minimum absolute atomic E-state index is 1.00. The largest absolute Gasteiger partial charge is 0.357 e. The van der Waals surface area contributed by atoms with E-state index in [0.717, 1.165) is 13.1 Å². The van der Waals surface area contributed by atoms with Crippen molar-refractivity contribution in [2.45, 2.75) is 25.8 Å². The molecule has 0 atom stereocenters. The van der Waals surface area contributed by atoms with Crippen molar-refractivity contribution in [1.29, 1.82) is 0 Å². The first-order valence-electron chi connectivity index (χ1n) is 5.63. The molecule has 1 heterocycles. The molecule has 0 aliphatic carbocycles. The number of hydrogen-bond donors (Lipinski definition) is 1. The highest BCUT2D eigenvalue weighted by atomic mass is 32.2. The van der Waals surface area contributed by atoms with Crippen molar-refractivity contribution in [2.24, 2.45) is 7.05 Å². The number of hydrogen-bond acceptors (Lipinski definition) is 2. The molecule has 15 heavy (non-hydrogen) atoms. The number of aromatic nitrogens is 1. The highest BCUT2D eigenvalue weighted by Gasteiger charge is 1.93. The zero-order valence-electron chi connectivity index (χ0n) is 9.83. The number of rotatable bonds is 8. The maximum atomic E-state index is 3.47. The third-order valence-corrected chi connectivity index (χ3v) is 3.12. The van der Waals surface area contributed by atoms with Gasteiger partial charge in [0.1, 0.15) is 0 Å². The molecule has 0 saturated carbocycles. The molecule has 0 bridgehead atoms. The second-order valence-electron chi connectivity index (χ2n) is 3.92. The van der Waals surface area contributed by atoms with Crippen LogP contribution in [-0.2, 0) is 13.6 Å². The van der Waals surface area contributed by atoms with Gasteiger partial charge in [0.25, 0.3) is 0 Å². The summed E-state index contributed by atoms with van der Waals surface area (Å²) < 4.78 is 2.09. The topological polar surface area (TPSA) is 17.0 Å². The van der Waals surface area contributed by atoms with Crippen LogP contribution in [0.15, 0.2) is 18.5 Å². The first-order chi connectivity index (χ1) is 7.33. The number of aryl methyl sites for hydroxylation is 1. The van der Waals surface area contributed by atoms with E-state index in [9.17, 15) is 0 Å². The van der Waals surface area contributed by atoms with Crippen molar-refractivity contribution in [3.05, 3.63) is 24.0 Å². The summed E-state index contributed by atoms with van der Waals surface area (Å²) in [6.07, 6.45) is 10.4. The van der Waals surface area contributed by atoms with Gasteiger partial charge in [-0.3, -0.25) is 0 Å². The van der Waals surface area contributed by atoms with Gasteiger partial charge in [-0.1, -0.05) is 6.42 Å². The summed E-state index contributed by atoms with van der Waals surface area (Å²) >= 11 is 1.94. The quantitative estimate of drug-likeness (QED) is 0.686. The van der Waals surface area contributed by atoms with E-state index in [1.54, 1.807) is 0 Å². The van der Waals surface area contributed by atoms with Gasteiger partial charge in [0.15, 0.2) is 0 Å². The molecule has 0 fully saturated rings. The van der Waals surface area contributed by atoms with Gasteiger partial charge in [0, 0.05) is 26.0 Å². The molecule has 1 aromatic rings. The van der Waals surface area contributed by atoms with E-state index < -0.39 is 0 Å². The fourth-order valence-corrected chi connectivity index (χ4v) is 2.06. The summed E-state index contributed by atoms with van der Waals surface area (Å²) in [5.41, 5.74) is 1.38. The Morgan fingerprint density at radius 3 is 2.87 bits per heavy atom. The van der Waals surface area contributed by atoms with Crippen molar-refractivity contribution < 1.29 is 0 Å². The summed E-state index contributed by atoms with van der Waals surface area (Å²) in [4.78, 5) is 0. The van der Waals surface area contributed by atoms with Gasteiger partial charge in [-0.2, -0.15) is 11.8 Å². The van der Waals surface area contributed by atoms with Gasteiger partial charge in [-0.15, -0.1) is 0 Å². The maximum absolute atomic E-state index is 3.47. The predicted molar refractivity (Wildman–Crippen MR) is 69.4 cm³/mol. The van der Waals surface area contributed by atoms with E-state index in [1.165, 1.54) is 30.6 Å². The van der Waals surface area contributed by atoms with E-state index in [2.05, 4.69) is 41.6 Å². The lowest BCUT2D eigenvalue weighted by atomic mass is 10.2. The molecule has 0 spiro atoms. The Kier molecular flexibility index (Phi) is 6.60. The molecule has 0 saturated heterocycles. The number of nitrogens with zero attached hydrogens (tertiary/aromatic N) is 1. The van der Waals surface area contributed by atoms with E-state index in [0.29, 0.717) is 0 Å². The average Bonchev–Trinajstić information content (AvgIpc) is 2.63. The van der Waals surface area contributed by atoms with E-state index in [-0.39, 0.29) is 0 Å². The van der Waals surface area contributed by atoms with Crippen LogP contribution in [0.5, 0.6) is 0 Å². The molecule has 0 aromatic carbocycles. The standard InChI is InChI=1S/C12H22N2S/c1-14-8-6-12(11-14)10-13-7-4-3-5-9-15-2/h6,8,11,13H,3-5,7,9-10H2,1-2H3. The molecular weight excluding hydrogens is 204 g/mol. The van der Waals surface area contributed by atoms with Crippen LogP contribution in [0.3, 0.4) is 0 Å². The van der Waals surface area contributed by atoms with Crippen molar-refractivity contribution in [1.82, 2.24) is 9.88 Å². The van der Waals surface area contributed by atoms with Crippen LogP contribution in [0, 0.1) is 0 Å². The van der Waals surface area contributed by atoms with Crippen molar-refractivity contribution in [3.8, 4) is 0 Å². The molecule has 0 amide bonds. The van der Waals surface area contributed by atoms with Crippen LogP contribution in [0.2, 0.25) is 0 Å². The fourth-order valence-electron chi connectivity index (χ4n) is 1.57. The van der Waals surface area contributed by atoms with Gasteiger partial charge in [0.05, 0.1) is 0 Å². The monoisotopic (exact) mass is 226 g/mol. The molecule has 0 unspecified atom stereocenters. The minimum atomic E-state index is 1.00. The molecule has 1 aromatic heterocycles. The van der Waals surface area contributed by atoms with Crippen molar-refractivity contribution in [3.63, 3.8) is 0 Å².